The molecule has 15 heavy (non-hydrogen) atoms. The summed E-state index contributed by atoms with van der Waals surface area (Å²) < 4.78 is 0. The molecule has 78 valence electrons. The van der Waals surface area contributed by atoms with E-state index in [0.717, 1.165) is 0 Å². The number of aromatic nitrogens is 2. The molecule has 0 radical (unpaired) electrons. The van der Waals surface area contributed by atoms with Crippen molar-refractivity contribution in [3.8, 4) is 0 Å². The third kappa shape index (κ3) is 1.67. The number of nitrogens with zero attached hydrogens (tertiary/aromatic N) is 1. The number of aliphatic hydroxyl groups is 1. The summed E-state index contributed by atoms with van der Waals surface area (Å²) in [6.45, 7) is 0. The van der Waals surface area contributed by atoms with Crippen molar-refractivity contribution < 1.29 is 15.0 Å². The lowest BCUT2D eigenvalue weighted by Crippen LogP contribution is -2.10. The molecule has 6 heteroatoms. The Kier molecular flexibility index (Phi) is 2.34. The van der Waals surface area contributed by atoms with Gasteiger partial charge in [-0.3, -0.25) is 5.10 Å². The molecule has 0 aliphatic carbocycles. The first-order chi connectivity index (χ1) is 7.09. The molecule has 1 unspecified atom stereocenters. The number of aliphatic hydroxyl groups excluding tert-OH is 1. The molecule has 2 rings (SSSR count). The first-order valence-electron chi connectivity index (χ1n) is 4.14. The number of aromatic amines is 1. The summed E-state index contributed by atoms with van der Waals surface area (Å²) in [5, 5.41) is 25.3. The largest absolute Gasteiger partial charge is 0.479 e. The van der Waals surface area contributed by atoms with E-state index in [9.17, 15) is 9.90 Å². The highest BCUT2D eigenvalue weighted by atomic mass is 35.5. The maximum Gasteiger partial charge on any atom is 0.337 e. The molecule has 1 heterocycles. The van der Waals surface area contributed by atoms with Gasteiger partial charge in [-0.15, -0.1) is 0 Å². The van der Waals surface area contributed by atoms with Crippen molar-refractivity contribution in [2.75, 3.05) is 0 Å². The molecule has 0 saturated heterocycles. The van der Waals surface area contributed by atoms with Crippen LogP contribution in [0.2, 0.25) is 5.15 Å². The lowest BCUT2D eigenvalue weighted by molar-refractivity contribution is -0.146. The number of fused-ring (bicyclic) bond motifs is 1. The van der Waals surface area contributed by atoms with Crippen LogP contribution < -0.4 is 0 Å². The number of carbonyl (C=O) groups is 1. The van der Waals surface area contributed by atoms with Gasteiger partial charge in [0.05, 0.1) is 5.52 Å². The van der Waals surface area contributed by atoms with Crippen LogP contribution in [0.3, 0.4) is 0 Å². The summed E-state index contributed by atoms with van der Waals surface area (Å²) >= 11 is 5.78. The van der Waals surface area contributed by atoms with E-state index < -0.39 is 12.1 Å². The molecule has 0 aliphatic heterocycles. The second-order valence-corrected chi connectivity index (χ2v) is 3.43. The number of hydrogen-bond donors (Lipinski definition) is 3. The Labute approximate surface area is 89.3 Å². The number of rotatable bonds is 2. The first kappa shape index (κ1) is 9.95. The van der Waals surface area contributed by atoms with Crippen LogP contribution in [0.1, 0.15) is 11.7 Å². The minimum atomic E-state index is -1.54. The highest BCUT2D eigenvalue weighted by Crippen LogP contribution is 2.24. The number of H-pyrrole nitrogens is 1. The van der Waals surface area contributed by atoms with Gasteiger partial charge in [-0.25, -0.2) is 4.79 Å². The van der Waals surface area contributed by atoms with E-state index in [1.54, 1.807) is 6.07 Å². The first-order valence-corrected chi connectivity index (χ1v) is 4.52. The number of hydrogen-bond acceptors (Lipinski definition) is 3. The summed E-state index contributed by atoms with van der Waals surface area (Å²) in [6, 6.07) is 4.59. The molecule has 0 aliphatic rings. The van der Waals surface area contributed by atoms with E-state index in [0.29, 0.717) is 16.1 Å². The van der Waals surface area contributed by atoms with Crippen LogP contribution in [0, 0.1) is 0 Å². The third-order valence-corrected chi connectivity index (χ3v) is 2.37. The number of carboxylic acids is 1. The summed E-state index contributed by atoms with van der Waals surface area (Å²) in [4.78, 5) is 10.6. The number of halogens is 1. The minimum Gasteiger partial charge on any atom is -0.479 e. The fraction of sp³-hybridized carbons (Fsp3) is 0.111. The lowest BCUT2D eigenvalue weighted by Gasteiger charge is -2.04. The SMILES string of the molecule is O=C(O)C(O)c1ccc2n[nH]c(Cl)c2c1. The Morgan fingerprint density at radius 1 is 1.53 bits per heavy atom. The molecule has 1 atom stereocenters. The number of carboxylic acid groups (broad SMARTS) is 1. The predicted molar refractivity (Wildman–Crippen MR) is 53.7 cm³/mol. The van der Waals surface area contributed by atoms with Crippen LogP contribution in [0.5, 0.6) is 0 Å². The standard InChI is InChI=1S/C9H7ClN2O3/c10-8-5-3-4(7(13)9(14)15)1-2-6(5)11-12-8/h1-3,7,13H,(H,11,12)(H,14,15). The van der Waals surface area contributed by atoms with Gasteiger partial charge >= 0.3 is 5.97 Å². The number of aliphatic carboxylic acids is 1. The molecule has 0 spiro atoms. The Bertz CT molecular complexity index is 523. The van der Waals surface area contributed by atoms with Crippen molar-refractivity contribution in [1.82, 2.24) is 10.2 Å². The molecular weight excluding hydrogens is 220 g/mol. The van der Waals surface area contributed by atoms with Crippen LogP contribution in [0.4, 0.5) is 0 Å². The van der Waals surface area contributed by atoms with E-state index in [1.807, 2.05) is 0 Å². The van der Waals surface area contributed by atoms with Gasteiger partial charge in [0, 0.05) is 5.39 Å². The molecule has 1 aromatic heterocycles. The molecule has 5 nitrogen and oxygen atoms in total. The van der Waals surface area contributed by atoms with Gasteiger partial charge in [-0.2, -0.15) is 5.10 Å². The van der Waals surface area contributed by atoms with Crippen LogP contribution in [0.15, 0.2) is 18.2 Å². The molecule has 0 fully saturated rings. The molecule has 0 amide bonds. The highest BCUT2D eigenvalue weighted by Gasteiger charge is 2.16. The van der Waals surface area contributed by atoms with E-state index in [2.05, 4.69) is 10.2 Å². The van der Waals surface area contributed by atoms with E-state index in [1.165, 1.54) is 12.1 Å². The quantitative estimate of drug-likeness (QED) is 0.721. The average molecular weight is 227 g/mol. The van der Waals surface area contributed by atoms with Crippen molar-refractivity contribution in [1.29, 1.82) is 0 Å². The van der Waals surface area contributed by atoms with Crippen molar-refractivity contribution in [2.45, 2.75) is 6.10 Å². The van der Waals surface area contributed by atoms with Crippen LogP contribution in [0.25, 0.3) is 10.9 Å². The van der Waals surface area contributed by atoms with Gasteiger partial charge in [0.15, 0.2) is 6.10 Å². The van der Waals surface area contributed by atoms with Crippen LogP contribution >= 0.6 is 11.6 Å². The van der Waals surface area contributed by atoms with E-state index >= 15 is 0 Å². The second-order valence-electron chi connectivity index (χ2n) is 3.05. The van der Waals surface area contributed by atoms with Crippen molar-refractivity contribution in [3.63, 3.8) is 0 Å². The summed E-state index contributed by atoms with van der Waals surface area (Å²) in [6.07, 6.45) is -1.54. The van der Waals surface area contributed by atoms with Crippen LogP contribution in [-0.2, 0) is 4.79 Å². The van der Waals surface area contributed by atoms with Gasteiger partial charge in [0.2, 0.25) is 0 Å². The van der Waals surface area contributed by atoms with Crippen molar-refractivity contribution in [3.05, 3.63) is 28.9 Å². The fourth-order valence-electron chi connectivity index (χ4n) is 1.31. The molecule has 3 N–H and O–H groups in total. The van der Waals surface area contributed by atoms with Gasteiger partial charge in [-0.1, -0.05) is 17.7 Å². The second kappa shape index (κ2) is 3.52. The smallest absolute Gasteiger partial charge is 0.337 e. The summed E-state index contributed by atoms with van der Waals surface area (Å²) in [5.74, 6) is -1.30. The molecule has 1 aromatic carbocycles. The summed E-state index contributed by atoms with van der Waals surface area (Å²) in [5.41, 5.74) is 0.902. The zero-order valence-electron chi connectivity index (χ0n) is 7.44. The average Bonchev–Trinajstić information content (AvgIpc) is 2.59. The monoisotopic (exact) mass is 226 g/mol. The zero-order chi connectivity index (χ0) is 11.0. The van der Waals surface area contributed by atoms with Crippen molar-refractivity contribution >= 4 is 28.5 Å². The maximum absolute atomic E-state index is 10.6. The van der Waals surface area contributed by atoms with Crippen LogP contribution in [-0.4, -0.2) is 26.4 Å². The Morgan fingerprint density at radius 3 is 2.93 bits per heavy atom. The van der Waals surface area contributed by atoms with Gasteiger partial charge in [-0.05, 0) is 17.7 Å². The fourth-order valence-corrected chi connectivity index (χ4v) is 1.50. The molecular formula is C9H7ClN2O3. The van der Waals surface area contributed by atoms with E-state index in [-0.39, 0.29) is 5.56 Å². The molecule has 0 saturated carbocycles. The minimum absolute atomic E-state index is 0.276. The molecule has 2 aromatic rings. The third-order valence-electron chi connectivity index (χ3n) is 2.08. The maximum atomic E-state index is 10.6. The number of benzene rings is 1. The topological polar surface area (TPSA) is 86.2 Å². The molecule has 0 bridgehead atoms. The number of nitrogens with one attached hydrogen (secondary N) is 1. The Hall–Kier alpha value is -1.59. The predicted octanol–water partition coefficient (Wildman–Crippen LogP) is 1.33. The van der Waals surface area contributed by atoms with Gasteiger partial charge < -0.3 is 10.2 Å². The lowest BCUT2D eigenvalue weighted by atomic mass is 10.1. The highest BCUT2D eigenvalue weighted by molar-refractivity contribution is 6.34. The van der Waals surface area contributed by atoms with Gasteiger partial charge in [0.1, 0.15) is 5.15 Å². The zero-order valence-corrected chi connectivity index (χ0v) is 8.19. The normalized spacial score (nSPS) is 12.9. The van der Waals surface area contributed by atoms with Gasteiger partial charge in [0.25, 0.3) is 0 Å². The summed E-state index contributed by atoms with van der Waals surface area (Å²) in [7, 11) is 0. The Balaban J connectivity index is 2.54. The Morgan fingerprint density at radius 2 is 2.27 bits per heavy atom. The van der Waals surface area contributed by atoms with Crippen molar-refractivity contribution in [2.24, 2.45) is 0 Å². The van der Waals surface area contributed by atoms with E-state index in [4.69, 9.17) is 16.7 Å².